The van der Waals surface area contributed by atoms with E-state index in [-0.39, 0.29) is 11.1 Å². The van der Waals surface area contributed by atoms with Gasteiger partial charge in [-0.25, -0.2) is 9.37 Å². The van der Waals surface area contributed by atoms with Gasteiger partial charge in [0.15, 0.2) is 0 Å². The van der Waals surface area contributed by atoms with Crippen LogP contribution < -0.4 is 10.6 Å². The van der Waals surface area contributed by atoms with Gasteiger partial charge in [0.2, 0.25) is 0 Å². The van der Waals surface area contributed by atoms with Gasteiger partial charge in [0, 0.05) is 42.8 Å². The topological polar surface area (TPSA) is 108 Å². The summed E-state index contributed by atoms with van der Waals surface area (Å²) < 4.78 is 14.0. The number of halogens is 1. The second-order valence-electron chi connectivity index (χ2n) is 8.65. The highest BCUT2D eigenvalue weighted by molar-refractivity contribution is 5.91. The van der Waals surface area contributed by atoms with Gasteiger partial charge in [0.25, 0.3) is 0 Å². The third-order valence-electron chi connectivity index (χ3n) is 5.97. The summed E-state index contributed by atoms with van der Waals surface area (Å²) in [5.74, 6) is 0.131. The zero-order valence-corrected chi connectivity index (χ0v) is 17.9. The Labute approximate surface area is 184 Å². The van der Waals surface area contributed by atoms with E-state index in [0.29, 0.717) is 17.9 Å². The highest BCUT2D eigenvalue weighted by Crippen LogP contribution is 2.41. The lowest BCUT2D eigenvalue weighted by molar-refractivity contribution is 0.525. The molecule has 1 aliphatic heterocycles. The molecule has 1 aromatic carbocycles. The largest absolute Gasteiger partial charge is 0.368 e. The number of aryl methyl sites for hydroxylation is 1. The molecule has 1 fully saturated rings. The third-order valence-corrected chi connectivity index (χ3v) is 5.97. The maximum atomic E-state index is 14.0. The number of hydrogen-bond donors (Lipinski definition) is 2. The van der Waals surface area contributed by atoms with Crippen LogP contribution in [0.4, 0.5) is 10.1 Å². The summed E-state index contributed by atoms with van der Waals surface area (Å²) in [5, 5.41) is 9.32. The molecule has 4 aromatic rings. The molecule has 0 radical (unpaired) electrons. The molecule has 3 N–H and O–H groups in total. The zero-order chi connectivity index (χ0) is 22.5. The van der Waals surface area contributed by atoms with Gasteiger partial charge in [-0.05, 0) is 43.5 Å². The lowest BCUT2D eigenvalue weighted by Gasteiger charge is -2.26. The average molecular weight is 427 g/mol. The van der Waals surface area contributed by atoms with Gasteiger partial charge in [-0.15, -0.1) is 0 Å². The Morgan fingerprint density at radius 1 is 1.19 bits per heavy atom. The maximum absolute atomic E-state index is 14.0. The average Bonchev–Trinajstić information content (AvgIpc) is 3.37. The molecule has 0 saturated carbocycles. The molecule has 32 heavy (non-hydrogen) atoms. The molecule has 0 bridgehead atoms. The molecule has 4 heterocycles. The molecular weight excluding hydrogens is 405 g/mol. The summed E-state index contributed by atoms with van der Waals surface area (Å²) in [6.07, 6.45) is 7.89. The van der Waals surface area contributed by atoms with Crippen molar-refractivity contribution in [3.63, 3.8) is 0 Å². The van der Waals surface area contributed by atoms with E-state index in [2.05, 4.69) is 19.9 Å². The first-order valence-electron chi connectivity index (χ1n) is 10.4. The normalized spacial score (nSPS) is 18.3. The van der Waals surface area contributed by atoms with E-state index in [4.69, 9.17) is 10.7 Å². The highest BCUT2D eigenvalue weighted by atomic mass is 19.1. The molecule has 7 nitrogen and oxygen atoms in total. The number of aromatic amines is 1. The van der Waals surface area contributed by atoms with E-state index in [1.165, 1.54) is 6.07 Å². The first-order valence-corrected chi connectivity index (χ1v) is 10.4. The first kappa shape index (κ1) is 20.1. The van der Waals surface area contributed by atoms with E-state index >= 15 is 0 Å². The number of rotatable bonds is 3. The second-order valence-corrected chi connectivity index (χ2v) is 8.65. The fourth-order valence-electron chi connectivity index (χ4n) is 4.33. The van der Waals surface area contributed by atoms with E-state index in [0.717, 1.165) is 46.4 Å². The number of pyridine rings is 2. The van der Waals surface area contributed by atoms with Crippen LogP contribution in [0.5, 0.6) is 0 Å². The predicted octanol–water partition coefficient (Wildman–Crippen LogP) is 3.93. The fraction of sp³-hybridized carbons (Fsp3) is 0.250. The molecule has 5 rings (SSSR count). The van der Waals surface area contributed by atoms with Crippen molar-refractivity contribution >= 4 is 16.7 Å². The van der Waals surface area contributed by atoms with Gasteiger partial charge >= 0.3 is 0 Å². The molecule has 1 atom stereocenters. The maximum Gasteiger partial charge on any atom is 0.142 e. The Hall–Kier alpha value is -3.83. The van der Waals surface area contributed by atoms with Gasteiger partial charge in [-0.3, -0.25) is 9.97 Å². The van der Waals surface area contributed by atoms with Crippen molar-refractivity contribution in [2.45, 2.75) is 25.8 Å². The van der Waals surface area contributed by atoms with Gasteiger partial charge in [0.05, 0.1) is 34.0 Å². The smallest absolute Gasteiger partial charge is 0.142 e. The summed E-state index contributed by atoms with van der Waals surface area (Å²) in [4.78, 5) is 19.1. The number of benzene rings is 1. The van der Waals surface area contributed by atoms with Crippen molar-refractivity contribution in [3.05, 3.63) is 59.9 Å². The molecule has 0 unspecified atom stereocenters. The number of nitrogens with two attached hydrogens (primary N) is 1. The molecule has 0 amide bonds. The van der Waals surface area contributed by atoms with Crippen LogP contribution >= 0.6 is 0 Å². The number of anilines is 1. The standard InChI is InChI=1S/C24H22FN7/c1-14-9-28-12-20-21(14)31-23(30-20)18-11-29-10-17(15-3-4-19(25)16(7-15)8-26)22(18)32-6-5-24(2,27)13-32/h3-4,7,9-12H,5-6,13,27H2,1-2H3,(H,30,31)/t24-/m0/s1. The highest BCUT2D eigenvalue weighted by Gasteiger charge is 2.33. The number of nitrogens with zero attached hydrogens (tertiary/aromatic N) is 5. The van der Waals surface area contributed by atoms with Crippen LogP contribution in [0.15, 0.2) is 43.0 Å². The SMILES string of the molecule is Cc1cncc2[nH]c(-c3cncc(-c4ccc(F)c(C#N)c4)c3N3CC[C@](C)(N)C3)nc12. The number of imidazole rings is 1. The molecular formula is C24H22FN7. The van der Waals surface area contributed by atoms with E-state index in [1.54, 1.807) is 36.9 Å². The Morgan fingerprint density at radius 3 is 2.69 bits per heavy atom. The second kappa shape index (κ2) is 7.39. The van der Waals surface area contributed by atoms with Crippen LogP contribution in [0.1, 0.15) is 24.5 Å². The van der Waals surface area contributed by atoms with Gasteiger partial charge in [-0.2, -0.15) is 5.26 Å². The summed E-state index contributed by atoms with van der Waals surface area (Å²) in [5.41, 5.74) is 12.0. The van der Waals surface area contributed by atoms with Crippen molar-refractivity contribution in [1.82, 2.24) is 19.9 Å². The monoisotopic (exact) mass is 427 g/mol. The molecule has 1 aliphatic rings. The van der Waals surface area contributed by atoms with Crippen LogP contribution in [-0.2, 0) is 0 Å². The van der Waals surface area contributed by atoms with E-state index < -0.39 is 5.82 Å². The van der Waals surface area contributed by atoms with Gasteiger partial charge in [-0.1, -0.05) is 6.07 Å². The lowest BCUT2D eigenvalue weighted by Crippen LogP contribution is -2.39. The van der Waals surface area contributed by atoms with Crippen LogP contribution in [-0.4, -0.2) is 38.6 Å². The summed E-state index contributed by atoms with van der Waals surface area (Å²) in [7, 11) is 0. The Morgan fingerprint density at radius 2 is 1.97 bits per heavy atom. The first-order chi connectivity index (χ1) is 15.4. The van der Waals surface area contributed by atoms with Gasteiger partial charge in [0.1, 0.15) is 17.7 Å². The fourth-order valence-corrected chi connectivity index (χ4v) is 4.33. The molecule has 0 spiro atoms. The minimum Gasteiger partial charge on any atom is -0.368 e. The van der Waals surface area contributed by atoms with E-state index in [9.17, 15) is 9.65 Å². The van der Waals surface area contributed by atoms with Crippen LogP contribution in [0.2, 0.25) is 0 Å². The number of nitriles is 1. The summed E-state index contributed by atoms with van der Waals surface area (Å²) >= 11 is 0. The van der Waals surface area contributed by atoms with Crippen LogP contribution in [0.25, 0.3) is 33.5 Å². The molecule has 8 heteroatoms. The number of fused-ring (bicyclic) bond motifs is 1. The Bertz CT molecular complexity index is 1380. The molecule has 3 aromatic heterocycles. The minimum atomic E-state index is -0.544. The number of nitrogens with one attached hydrogen (secondary N) is 1. The quantitative estimate of drug-likeness (QED) is 0.513. The van der Waals surface area contributed by atoms with Crippen molar-refractivity contribution < 1.29 is 4.39 Å². The van der Waals surface area contributed by atoms with Gasteiger partial charge < -0.3 is 15.6 Å². The number of aromatic nitrogens is 4. The Balaban J connectivity index is 1.75. The molecule has 0 aliphatic carbocycles. The third kappa shape index (κ3) is 3.37. The van der Waals surface area contributed by atoms with Crippen LogP contribution in [0.3, 0.4) is 0 Å². The summed E-state index contributed by atoms with van der Waals surface area (Å²) in [6, 6.07) is 6.47. The number of H-pyrrole nitrogens is 1. The van der Waals surface area contributed by atoms with Crippen molar-refractivity contribution in [3.8, 4) is 28.6 Å². The van der Waals surface area contributed by atoms with Crippen molar-refractivity contribution in [1.29, 1.82) is 5.26 Å². The zero-order valence-electron chi connectivity index (χ0n) is 17.9. The van der Waals surface area contributed by atoms with E-state index in [1.807, 2.05) is 19.9 Å². The lowest BCUT2D eigenvalue weighted by atomic mass is 9.99. The van der Waals surface area contributed by atoms with Crippen molar-refractivity contribution in [2.24, 2.45) is 5.73 Å². The van der Waals surface area contributed by atoms with Crippen molar-refractivity contribution in [2.75, 3.05) is 18.0 Å². The molecule has 1 saturated heterocycles. The molecule has 160 valence electrons. The Kier molecular flexibility index (Phi) is 4.64. The summed E-state index contributed by atoms with van der Waals surface area (Å²) in [6.45, 7) is 5.43. The van der Waals surface area contributed by atoms with Crippen LogP contribution in [0, 0.1) is 24.1 Å². The minimum absolute atomic E-state index is 0.00521. The number of hydrogen-bond acceptors (Lipinski definition) is 6. The predicted molar refractivity (Wildman–Crippen MR) is 121 cm³/mol.